The first-order valence-electron chi connectivity index (χ1n) is 4.43. The van der Waals surface area contributed by atoms with E-state index in [9.17, 15) is 4.79 Å². The maximum atomic E-state index is 11.6. The van der Waals surface area contributed by atoms with Gasteiger partial charge in [0.2, 0.25) is 0 Å². The number of rotatable bonds is 2. The average molecular weight is 260 g/mol. The van der Waals surface area contributed by atoms with E-state index in [-0.39, 0.29) is 11.9 Å². The quantitative estimate of drug-likeness (QED) is 0.878. The fourth-order valence-corrected chi connectivity index (χ4v) is 1.57. The fourth-order valence-electron chi connectivity index (χ4n) is 1.06. The second-order valence-electron chi connectivity index (χ2n) is 3.50. The molecule has 0 unspecified atom stereocenters. The van der Waals surface area contributed by atoms with E-state index >= 15 is 0 Å². The normalized spacial score (nSPS) is 10.7. The summed E-state index contributed by atoms with van der Waals surface area (Å²) in [7, 11) is 1.81. The molecule has 0 bridgehead atoms. The number of halogens is 1. The molecule has 0 atom stereocenters. The maximum absolute atomic E-state index is 11.6. The summed E-state index contributed by atoms with van der Waals surface area (Å²) >= 11 is 3.35. The van der Waals surface area contributed by atoms with Crippen LogP contribution in [-0.4, -0.2) is 21.7 Å². The highest BCUT2D eigenvalue weighted by atomic mass is 79.9. The number of hydrogen-bond acceptors (Lipinski definition) is 2. The Kier molecular flexibility index (Phi) is 3.31. The lowest BCUT2D eigenvalue weighted by molar-refractivity contribution is 0.0936. The number of carbonyl (C=O) groups excluding carboxylic acids is 1. The zero-order valence-corrected chi connectivity index (χ0v) is 10.3. The topological polar surface area (TPSA) is 46.9 Å². The van der Waals surface area contributed by atoms with Crippen molar-refractivity contribution in [2.45, 2.75) is 26.8 Å². The molecular formula is C9H14BrN3O. The van der Waals surface area contributed by atoms with Crippen molar-refractivity contribution in [2.24, 2.45) is 7.05 Å². The molecule has 0 saturated heterocycles. The molecule has 1 rings (SSSR count). The largest absolute Gasteiger partial charge is 0.348 e. The third-order valence-electron chi connectivity index (χ3n) is 1.90. The van der Waals surface area contributed by atoms with Crippen molar-refractivity contribution in [3.63, 3.8) is 0 Å². The van der Waals surface area contributed by atoms with E-state index in [0.29, 0.717) is 5.69 Å². The lowest BCUT2D eigenvalue weighted by atomic mass is 10.3. The monoisotopic (exact) mass is 259 g/mol. The van der Waals surface area contributed by atoms with Crippen LogP contribution in [0.3, 0.4) is 0 Å². The lowest BCUT2D eigenvalue weighted by Gasteiger charge is -2.05. The third-order valence-corrected chi connectivity index (χ3v) is 2.85. The molecule has 0 fully saturated rings. The molecule has 14 heavy (non-hydrogen) atoms. The summed E-state index contributed by atoms with van der Waals surface area (Å²) in [6.07, 6.45) is 0. The van der Waals surface area contributed by atoms with Crippen LogP contribution >= 0.6 is 15.9 Å². The minimum absolute atomic E-state index is 0.122. The zero-order chi connectivity index (χ0) is 10.9. The van der Waals surface area contributed by atoms with E-state index in [4.69, 9.17) is 0 Å². The summed E-state index contributed by atoms with van der Waals surface area (Å²) in [5, 5.41) is 6.92. The predicted molar refractivity (Wildman–Crippen MR) is 58.2 cm³/mol. The minimum Gasteiger partial charge on any atom is -0.348 e. The maximum Gasteiger partial charge on any atom is 0.273 e. The van der Waals surface area contributed by atoms with Crippen LogP contribution in [0.4, 0.5) is 0 Å². The van der Waals surface area contributed by atoms with Gasteiger partial charge < -0.3 is 5.32 Å². The second-order valence-corrected chi connectivity index (χ2v) is 4.29. The van der Waals surface area contributed by atoms with E-state index < -0.39 is 0 Å². The van der Waals surface area contributed by atoms with Crippen molar-refractivity contribution < 1.29 is 4.79 Å². The van der Waals surface area contributed by atoms with Crippen molar-refractivity contribution >= 4 is 21.8 Å². The number of amides is 1. The number of nitrogens with zero attached hydrogens (tertiary/aromatic N) is 2. The van der Waals surface area contributed by atoms with Crippen LogP contribution in [0.15, 0.2) is 4.47 Å². The van der Waals surface area contributed by atoms with Crippen LogP contribution in [0.25, 0.3) is 0 Å². The Balaban J connectivity index is 2.96. The molecule has 5 heteroatoms. The average Bonchev–Trinajstić information content (AvgIpc) is 2.32. The van der Waals surface area contributed by atoms with Crippen LogP contribution in [0.2, 0.25) is 0 Å². The molecule has 0 aromatic carbocycles. The molecule has 1 aromatic heterocycles. The van der Waals surface area contributed by atoms with Crippen LogP contribution < -0.4 is 5.32 Å². The first kappa shape index (κ1) is 11.2. The van der Waals surface area contributed by atoms with Crippen molar-refractivity contribution in [3.05, 3.63) is 15.9 Å². The molecule has 1 amide bonds. The van der Waals surface area contributed by atoms with E-state index in [1.54, 1.807) is 4.68 Å². The molecule has 4 nitrogen and oxygen atoms in total. The molecule has 0 aliphatic heterocycles. The third kappa shape index (κ3) is 2.15. The molecule has 0 radical (unpaired) electrons. The Morgan fingerprint density at radius 3 is 2.50 bits per heavy atom. The van der Waals surface area contributed by atoms with Gasteiger partial charge in [0, 0.05) is 13.1 Å². The Morgan fingerprint density at radius 1 is 1.57 bits per heavy atom. The molecule has 0 spiro atoms. The molecule has 78 valence electrons. The molecule has 1 N–H and O–H groups in total. The van der Waals surface area contributed by atoms with Crippen LogP contribution in [0.5, 0.6) is 0 Å². The summed E-state index contributed by atoms with van der Waals surface area (Å²) in [6, 6.07) is 0.122. The van der Waals surface area contributed by atoms with Crippen molar-refractivity contribution in [3.8, 4) is 0 Å². The summed E-state index contributed by atoms with van der Waals surface area (Å²) in [5.41, 5.74) is 1.39. The molecule has 1 heterocycles. The number of hydrogen-bond donors (Lipinski definition) is 1. The van der Waals surface area contributed by atoms with Gasteiger partial charge in [0.1, 0.15) is 0 Å². The number of aromatic nitrogens is 2. The molecule has 0 aliphatic rings. The number of nitrogens with one attached hydrogen (secondary N) is 1. The van der Waals surface area contributed by atoms with Crippen LogP contribution in [0.1, 0.15) is 30.0 Å². The lowest BCUT2D eigenvalue weighted by Crippen LogP contribution is -2.30. The molecule has 1 aromatic rings. The summed E-state index contributed by atoms with van der Waals surface area (Å²) in [5.74, 6) is -0.143. The summed E-state index contributed by atoms with van der Waals surface area (Å²) < 4.78 is 2.44. The van der Waals surface area contributed by atoms with Gasteiger partial charge in [-0.05, 0) is 36.7 Å². The van der Waals surface area contributed by atoms with E-state index in [1.165, 1.54) is 0 Å². The van der Waals surface area contributed by atoms with Crippen LogP contribution in [-0.2, 0) is 7.05 Å². The smallest absolute Gasteiger partial charge is 0.273 e. The van der Waals surface area contributed by atoms with Gasteiger partial charge in [0.25, 0.3) is 5.91 Å². The first-order valence-corrected chi connectivity index (χ1v) is 5.22. The van der Waals surface area contributed by atoms with Crippen molar-refractivity contribution in [2.75, 3.05) is 0 Å². The highest BCUT2D eigenvalue weighted by molar-refractivity contribution is 9.10. The van der Waals surface area contributed by atoms with E-state index in [2.05, 4.69) is 26.3 Å². The molecule has 0 aliphatic carbocycles. The zero-order valence-electron chi connectivity index (χ0n) is 8.76. The van der Waals surface area contributed by atoms with Gasteiger partial charge in [0.05, 0.1) is 10.2 Å². The van der Waals surface area contributed by atoms with Gasteiger partial charge in [-0.15, -0.1) is 0 Å². The van der Waals surface area contributed by atoms with Gasteiger partial charge in [-0.2, -0.15) is 5.10 Å². The highest BCUT2D eigenvalue weighted by Crippen LogP contribution is 2.19. The van der Waals surface area contributed by atoms with E-state index in [0.717, 1.165) is 10.2 Å². The number of aryl methyl sites for hydroxylation is 1. The van der Waals surface area contributed by atoms with Gasteiger partial charge in [-0.25, -0.2) is 0 Å². The SMILES string of the molecule is Cc1c(Br)c(C(=O)NC(C)C)nn1C. The standard InChI is InChI=1S/C9H14BrN3O/c1-5(2)11-9(14)8-7(10)6(3)13(4)12-8/h5H,1-4H3,(H,11,14). The van der Waals surface area contributed by atoms with Gasteiger partial charge in [-0.1, -0.05) is 0 Å². The fraction of sp³-hybridized carbons (Fsp3) is 0.556. The van der Waals surface area contributed by atoms with Gasteiger partial charge in [-0.3, -0.25) is 9.48 Å². The first-order chi connectivity index (χ1) is 6.43. The second kappa shape index (κ2) is 4.13. The Hall–Kier alpha value is -0.840. The Labute approximate surface area is 91.8 Å². The summed E-state index contributed by atoms with van der Waals surface area (Å²) in [4.78, 5) is 11.6. The summed E-state index contributed by atoms with van der Waals surface area (Å²) in [6.45, 7) is 5.74. The molecule has 0 saturated carbocycles. The Bertz CT molecular complexity index is 357. The van der Waals surface area contributed by atoms with Crippen molar-refractivity contribution in [1.82, 2.24) is 15.1 Å². The van der Waals surface area contributed by atoms with Crippen molar-refractivity contribution in [1.29, 1.82) is 0 Å². The predicted octanol–water partition coefficient (Wildman–Crippen LogP) is 1.63. The van der Waals surface area contributed by atoms with Gasteiger partial charge >= 0.3 is 0 Å². The minimum atomic E-state index is -0.143. The Morgan fingerprint density at radius 2 is 2.14 bits per heavy atom. The number of carbonyl (C=O) groups is 1. The highest BCUT2D eigenvalue weighted by Gasteiger charge is 2.17. The molecular weight excluding hydrogens is 246 g/mol. The van der Waals surface area contributed by atoms with Crippen LogP contribution in [0, 0.1) is 6.92 Å². The van der Waals surface area contributed by atoms with Gasteiger partial charge in [0.15, 0.2) is 5.69 Å². The van der Waals surface area contributed by atoms with E-state index in [1.807, 2.05) is 27.8 Å².